The Balaban J connectivity index is 1.25. The number of ether oxygens (including phenoxy) is 3. The second-order valence-electron chi connectivity index (χ2n) is 8.57. The number of hydrogen-bond donors (Lipinski definition) is 1. The summed E-state index contributed by atoms with van der Waals surface area (Å²) in [5.41, 5.74) is 1.34. The van der Waals surface area contributed by atoms with Crippen molar-refractivity contribution in [3.8, 4) is 29.2 Å². The van der Waals surface area contributed by atoms with Crippen LogP contribution in [0.1, 0.15) is 18.4 Å². The summed E-state index contributed by atoms with van der Waals surface area (Å²) in [6.07, 6.45) is 4.40. The first-order chi connectivity index (χ1) is 18.0. The van der Waals surface area contributed by atoms with Crippen molar-refractivity contribution < 1.29 is 28.2 Å². The molecule has 1 N–H and O–H groups in total. The number of likely N-dealkylation sites (N-methyl/N-ethyl adjacent to an activating group) is 1. The molecule has 1 fully saturated rings. The van der Waals surface area contributed by atoms with E-state index in [4.69, 9.17) is 14.2 Å². The van der Waals surface area contributed by atoms with Gasteiger partial charge < -0.3 is 24.4 Å². The molecule has 0 saturated carbocycles. The van der Waals surface area contributed by atoms with E-state index in [1.165, 1.54) is 35.5 Å². The summed E-state index contributed by atoms with van der Waals surface area (Å²) in [6.45, 7) is 1.38. The molecule has 37 heavy (non-hydrogen) atoms. The van der Waals surface area contributed by atoms with Gasteiger partial charge in [0.1, 0.15) is 18.4 Å². The van der Waals surface area contributed by atoms with Crippen molar-refractivity contribution in [2.24, 2.45) is 5.92 Å². The van der Waals surface area contributed by atoms with Crippen molar-refractivity contribution in [2.45, 2.75) is 18.9 Å². The molecular formula is C26H24FN5O5. The molecule has 1 saturated heterocycles. The molecule has 2 aliphatic rings. The van der Waals surface area contributed by atoms with E-state index in [-0.39, 0.29) is 24.1 Å². The normalized spacial score (nSPS) is 17.6. The zero-order valence-electron chi connectivity index (χ0n) is 20.0. The fourth-order valence-corrected chi connectivity index (χ4v) is 3.96. The van der Waals surface area contributed by atoms with E-state index in [1.54, 1.807) is 19.2 Å². The highest BCUT2D eigenvalue weighted by atomic mass is 19.1. The van der Waals surface area contributed by atoms with Gasteiger partial charge in [-0.3, -0.25) is 4.79 Å². The predicted octanol–water partition coefficient (Wildman–Crippen LogP) is 2.97. The predicted molar refractivity (Wildman–Crippen MR) is 130 cm³/mol. The third kappa shape index (κ3) is 5.70. The Morgan fingerprint density at radius 2 is 2.08 bits per heavy atom. The summed E-state index contributed by atoms with van der Waals surface area (Å²) < 4.78 is 30.9. The van der Waals surface area contributed by atoms with Crippen LogP contribution in [0.3, 0.4) is 0 Å². The Kier molecular flexibility index (Phi) is 7.00. The molecule has 3 aromatic rings. The Morgan fingerprint density at radius 3 is 2.89 bits per heavy atom. The van der Waals surface area contributed by atoms with Crippen LogP contribution < -0.4 is 19.7 Å². The van der Waals surface area contributed by atoms with Crippen LogP contribution in [-0.2, 0) is 9.53 Å². The molecule has 2 aromatic heterocycles. The van der Waals surface area contributed by atoms with Crippen LogP contribution in [0.4, 0.5) is 14.9 Å². The quantitative estimate of drug-likeness (QED) is 0.431. The number of anilines is 1. The van der Waals surface area contributed by atoms with Gasteiger partial charge in [0.25, 0.3) is 5.91 Å². The maximum Gasteiger partial charge on any atom is 0.342 e. The molecule has 0 bridgehead atoms. The number of benzene rings is 1. The van der Waals surface area contributed by atoms with Crippen molar-refractivity contribution in [3.05, 3.63) is 60.3 Å². The van der Waals surface area contributed by atoms with Crippen molar-refractivity contribution in [1.29, 1.82) is 0 Å². The largest absolute Gasteiger partial charge is 0.489 e. The Hall–Kier alpha value is -4.43. The first kappa shape index (κ1) is 24.3. The fourth-order valence-electron chi connectivity index (χ4n) is 3.96. The van der Waals surface area contributed by atoms with Crippen LogP contribution in [-0.4, -0.2) is 59.6 Å². The van der Waals surface area contributed by atoms with Gasteiger partial charge in [-0.05, 0) is 37.1 Å². The summed E-state index contributed by atoms with van der Waals surface area (Å²) in [5, 5.41) is 6.58. The molecular weight excluding hydrogens is 481 g/mol. The van der Waals surface area contributed by atoms with E-state index in [0.717, 1.165) is 36.3 Å². The summed E-state index contributed by atoms with van der Waals surface area (Å²) in [5.74, 6) is 6.43. The van der Waals surface area contributed by atoms with Gasteiger partial charge in [-0.1, -0.05) is 17.9 Å². The number of fused-ring (bicyclic) bond motifs is 1. The Labute approximate surface area is 212 Å². The average molecular weight is 506 g/mol. The topological polar surface area (TPSA) is 108 Å². The van der Waals surface area contributed by atoms with E-state index in [2.05, 4.69) is 27.2 Å². The molecule has 190 valence electrons. The zero-order chi connectivity index (χ0) is 25.8. The second-order valence-corrected chi connectivity index (χ2v) is 8.57. The average Bonchev–Trinajstić information content (AvgIpc) is 3.34. The molecule has 1 aromatic carbocycles. The number of nitrogens with one attached hydrogen (secondary N) is 1. The monoisotopic (exact) mass is 505 g/mol. The van der Waals surface area contributed by atoms with E-state index < -0.39 is 18.0 Å². The third-order valence-electron chi connectivity index (χ3n) is 5.97. The molecule has 5 rings (SSSR count). The number of hydrogen-bond acceptors (Lipinski definition) is 7. The first-order valence-corrected chi connectivity index (χ1v) is 11.8. The van der Waals surface area contributed by atoms with Gasteiger partial charge in [-0.2, -0.15) is 19.2 Å². The standard InChI is InChI=1S/C26H24FN5O5/c1-31-21-13-18(6-5-17-9-11-35-12-10-17)7-8-22(21)36-16-20(25(31)33)29-26(34)32-15-19(14-28-32)37-24-4-2-3-23(27)30-24/h2-4,7-8,13-15,17,20H,9-12,16H2,1H3,(H,29,34). The van der Waals surface area contributed by atoms with Crippen LogP contribution in [0.5, 0.6) is 17.4 Å². The highest BCUT2D eigenvalue weighted by molar-refractivity contribution is 6.00. The van der Waals surface area contributed by atoms with Crippen molar-refractivity contribution in [2.75, 3.05) is 31.8 Å². The van der Waals surface area contributed by atoms with E-state index >= 15 is 0 Å². The van der Waals surface area contributed by atoms with Crippen molar-refractivity contribution >= 4 is 17.6 Å². The minimum absolute atomic E-state index is 0.0171. The van der Waals surface area contributed by atoms with Crippen molar-refractivity contribution in [1.82, 2.24) is 20.1 Å². The van der Waals surface area contributed by atoms with Gasteiger partial charge in [-0.15, -0.1) is 0 Å². The number of rotatable bonds is 3. The lowest BCUT2D eigenvalue weighted by atomic mass is 10.0. The summed E-state index contributed by atoms with van der Waals surface area (Å²) >= 11 is 0. The number of carbonyl (C=O) groups excluding carboxylic acids is 2. The molecule has 10 nitrogen and oxygen atoms in total. The SMILES string of the molecule is CN1C(=O)C(NC(=O)n2cc(Oc3cccc(F)n3)cn2)COc2ccc(C#CC3CCOCC3)cc21. The van der Waals surface area contributed by atoms with Crippen LogP contribution in [0.2, 0.25) is 0 Å². The summed E-state index contributed by atoms with van der Waals surface area (Å²) in [4.78, 5) is 31.0. The maximum atomic E-state index is 13.3. The first-order valence-electron chi connectivity index (χ1n) is 11.8. The zero-order valence-corrected chi connectivity index (χ0v) is 20.0. The van der Waals surface area contributed by atoms with Crippen LogP contribution in [0.25, 0.3) is 0 Å². The van der Waals surface area contributed by atoms with Gasteiger partial charge in [0, 0.05) is 37.8 Å². The molecule has 2 aliphatic heterocycles. The number of pyridine rings is 1. The number of aromatic nitrogens is 3. The van der Waals surface area contributed by atoms with Crippen LogP contribution in [0, 0.1) is 23.7 Å². The lowest BCUT2D eigenvalue weighted by molar-refractivity contribution is -0.120. The van der Waals surface area contributed by atoms with Crippen LogP contribution in [0.15, 0.2) is 48.8 Å². The van der Waals surface area contributed by atoms with Crippen molar-refractivity contribution in [3.63, 3.8) is 0 Å². The Bertz CT molecular complexity index is 1370. The number of carbonyl (C=O) groups is 2. The molecule has 4 heterocycles. The smallest absolute Gasteiger partial charge is 0.342 e. The maximum absolute atomic E-state index is 13.3. The lowest BCUT2D eigenvalue weighted by Gasteiger charge is -2.20. The molecule has 0 radical (unpaired) electrons. The van der Waals surface area contributed by atoms with Gasteiger partial charge >= 0.3 is 6.03 Å². The Morgan fingerprint density at radius 1 is 1.24 bits per heavy atom. The van der Waals surface area contributed by atoms with Gasteiger partial charge in [0.2, 0.25) is 11.8 Å². The molecule has 2 amide bonds. The summed E-state index contributed by atoms with van der Waals surface area (Å²) in [7, 11) is 1.62. The minimum atomic E-state index is -0.958. The van der Waals surface area contributed by atoms with Gasteiger partial charge in [0.15, 0.2) is 5.75 Å². The third-order valence-corrected chi connectivity index (χ3v) is 5.97. The second kappa shape index (κ2) is 10.7. The molecule has 11 heteroatoms. The molecule has 1 atom stereocenters. The van der Waals surface area contributed by atoms with E-state index in [9.17, 15) is 14.0 Å². The minimum Gasteiger partial charge on any atom is -0.489 e. The highest BCUT2D eigenvalue weighted by Crippen LogP contribution is 2.31. The van der Waals surface area contributed by atoms with Gasteiger partial charge in [0.05, 0.1) is 18.1 Å². The summed E-state index contributed by atoms with van der Waals surface area (Å²) in [6, 6.07) is 7.91. The number of amides is 2. The number of halogens is 1. The van der Waals surface area contributed by atoms with Gasteiger partial charge in [-0.25, -0.2) is 4.79 Å². The van der Waals surface area contributed by atoms with E-state index in [0.29, 0.717) is 17.4 Å². The lowest BCUT2D eigenvalue weighted by Crippen LogP contribution is -2.50. The van der Waals surface area contributed by atoms with E-state index in [1.807, 2.05) is 6.07 Å². The molecule has 1 unspecified atom stereocenters. The fraction of sp³-hybridized carbons (Fsp3) is 0.308. The molecule has 0 spiro atoms. The van der Waals surface area contributed by atoms with Crippen LogP contribution >= 0.6 is 0 Å². The number of nitrogens with zero attached hydrogens (tertiary/aromatic N) is 4. The highest BCUT2D eigenvalue weighted by Gasteiger charge is 2.31. The molecule has 0 aliphatic carbocycles.